The second-order valence-electron chi connectivity index (χ2n) is 17.9. The second kappa shape index (κ2) is 16.3. The quantitative estimate of drug-likeness (QED) is 0.114. The first-order valence-electron chi connectivity index (χ1n) is 21.4. The van der Waals surface area contributed by atoms with Gasteiger partial charge in [0.15, 0.2) is 11.6 Å². The van der Waals surface area contributed by atoms with Crippen LogP contribution in [0.1, 0.15) is 91.3 Å². The Morgan fingerprint density at radius 3 is 2.48 bits per heavy atom. The summed E-state index contributed by atoms with van der Waals surface area (Å²) in [6.45, 7) is 10.7. The van der Waals surface area contributed by atoms with Crippen molar-refractivity contribution in [2.24, 2.45) is 23.7 Å². The first kappa shape index (κ1) is 42.4. The van der Waals surface area contributed by atoms with Crippen LogP contribution in [0.4, 0.5) is 14.5 Å². The molecule has 1 saturated carbocycles. The Balaban J connectivity index is 0.000000454. The molecule has 4 aromatic heterocycles. The number of amides is 1. The van der Waals surface area contributed by atoms with Gasteiger partial charge in [-0.3, -0.25) is 28.1 Å². The number of ether oxygens (including phenoxy) is 1. The number of H-pyrrole nitrogens is 2. The van der Waals surface area contributed by atoms with Crippen molar-refractivity contribution in [2.75, 3.05) is 19.7 Å². The van der Waals surface area contributed by atoms with Crippen molar-refractivity contribution >= 4 is 39.2 Å². The predicted molar refractivity (Wildman–Crippen MR) is 238 cm³/mol. The number of benzene rings is 3. The minimum Gasteiger partial charge on any atom is -0.402 e. The third kappa shape index (κ3) is 8.11. The number of halogens is 2. The lowest BCUT2D eigenvalue weighted by Gasteiger charge is -2.35. The van der Waals surface area contributed by atoms with E-state index < -0.39 is 17.3 Å². The number of fused-ring (bicyclic) bond motifs is 2. The number of carbonyl (C=O) groups excluding carboxylic acids is 1. The molecule has 0 spiro atoms. The predicted octanol–water partition coefficient (Wildman–Crippen LogP) is 7.40. The first-order valence-corrected chi connectivity index (χ1v) is 21.4. The molecule has 6 heterocycles. The molecule has 10 rings (SSSR count). The number of aliphatic imine (C=N–C) groups is 1. The first-order chi connectivity index (χ1) is 30.5. The van der Waals surface area contributed by atoms with Gasteiger partial charge in [-0.15, -0.1) is 0 Å². The van der Waals surface area contributed by atoms with Crippen LogP contribution in [-0.4, -0.2) is 76.0 Å². The lowest BCUT2D eigenvalue weighted by Crippen LogP contribution is -2.42. The molecule has 0 radical (unpaired) electrons. The standard InChI is InChI=1S/C41H42F2N8O3.C6H8N2O2/c1-23-16-28(17-24(2)36(23)42)46-38(51-14-13-50(40(51)53)35-9-8-34-29(37(35)43)21-45-48(34)5)30-22-49(12-10-31(30)44)39(52)33-19-27-18-25(6-7-32(27)47-33)26-11-15-54-41(3,4)20-26;1-3-2-4(3)5-7-6(9)10-8-5/h6-9,13-14,16-19,21,26,47H,10-12,15,20,22,44H2,1-5H3;3-4H,2H2,1H3,(H,7,8,9). The van der Waals surface area contributed by atoms with Crippen molar-refractivity contribution in [3.8, 4) is 5.69 Å². The van der Waals surface area contributed by atoms with E-state index in [9.17, 15) is 18.8 Å². The molecule has 17 heteroatoms. The van der Waals surface area contributed by atoms with Crippen molar-refractivity contribution in [1.29, 1.82) is 0 Å². The highest BCUT2D eigenvalue weighted by atomic mass is 19.1. The fourth-order valence-electron chi connectivity index (χ4n) is 8.94. The zero-order valence-electron chi connectivity index (χ0n) is 36.5. The van der Waals surface area contributed by atoms with Gasteiger partial charge in [-0.1, -0.05) is 18.1 Å². The SMILES string of the molecule is CC1CC1c1noc(=O)[nH]1.Cc1cc(N=C(C2=C(N)CCN(C(=O)c3cc4cc(C5CCOC(C)(C)C5)ccc4[nH]3)C2)n2ccn(-c3ccc4c(cnn4C)c3F)c2=O)cc(C)c1F. The van der Waals surface area contributed by atoms with Crippen LogP contribution >= 0.6 is 0 Å². The third-order valence-electron chi connectivity index (χ3n) is 12.7. The van der Waals surface area contributed by atoms with Gasteiger partial charge in [0, 0.05) is 67.1 Å². The van der Waals surface area contributed by atoms with Gasteiger partial charge in [-0.2, -0.15) is 5.10 Å². The van der Waals surface area contributed by atoms with Gasteiger partial charge in [0.25, 0.3) is 5.91 Å². The molecule has 4 N–H and O–H groups in total. The lowest BCUT2D eigenvalue weighted by molar-refractivity contribution is -0.0592. The highest BCUT2D eigenvalue weighted by molar-refractivity contribution is 6.04. The van der Waals surface area contributed by atoms with Crippen LogP contribution in [0, 0.1) is 31.4 Å². The average molecular weight is 873 g/mol. The monoisotopic (exact) mass is 872 g/mol. The van der Waals surface area contributed by atoms with Crippen LogP contribution in [0.2, 0.25) is 0 Å². The van der Waals surface area contributed by atoms with Gasteiger partial charge in [-0.25, -0.2) is 23.4 Å². The summed E-state index contributed by atoms with van der Waals surface area (Å²) in [4.78, 5) is 51.2. The smallest absolute Gasteiger partial charge is 0.402 e. The topological polar surface area (TPSA) is 187 Å². The van der Waals surface area contributed by atoms with Crippen LogP contribution in [0.5, 0.6) is 0 Å². The van der Waals surface area contributed by atoms with Crippen LogP contribution in [0.3, 0.4) is 0 Å². The number of nitrogens with zero attached hydrogens (tertiary/aromatic N) is 7. The number of aromatic amines is 2. The van der Waals surface area contributed by atoms with Crippen molar-refractivity contribution in [2.45, 2.75) is 77.7 Å². The van der Waals surface area contributed by atoms with E-state index in [2.05, 4.69) is 57.7 Å². The minimum atomic E-state index is -0.602. The Kier molecular flexibility index (Phi) is 10.8. The third-order valence-corrected chi connectivity index (χ3v) is 12.7. The summed E-state index contributed by atoms with van der Waals surface area (Å²) in [6, 6.07) is 14.6. The number of rotatable bonds is 6. The summed E-state index contributed by atoms with van der Waals surface area (Å²) >= 11 is 0. The second-order valence-corrected chi connectivity index (χ2v) is 17.9. The molecule has 15 nitrogen and oxygen atoms in total. The molecule has 2 fully saturated rings. The minimum absolute atomic E-state index is 0.0389. The molecule has 2 aliphatic heterocycles. The normalized spacial score (nSPS) is 19.9. The number of aryl methyl sites for hydroxylation is 3. The molecular formula is C47H50F2N10O5. The van der Waals surface area contributed by atoms with Gasteiger partial charge >= 0.3 is 11.4 Å². The van der Waals surface area contributed by atoms with Gasteiger partial charge in [0.05, 0.1) is 40.6 Å². The Morgan fingerprint density at radius 1 is 1.02 bits per heavy atom. The summed E-state index contributed by atoms with van der Waals surface area (Å²) in [5.74, 6) is 0.689. The zero-order valence-corrected chi connectivity index (χ0v) is 36.5. The molecule has 1 saturated heterocycles. The molecule has 1 amide bonds. The van der Waals surface area contributed by atoms with E-state index >= 15 is 4.39 Å². The van der Waals surface area contributed by atoms with E-state index in [-0.39, 0.29) is 40.8 Å². The maximum atomic E-state index is 15.8. The zero-order chi connectivity index (χ0) is 45.2. The summed E-state index contributed by atoms with van der Waals surface area (Å²) < 4.78 is 44.8. The summed E-state index contributed by atoms with van der Waals surface area (Å²) in [7, 11) is 1.71. The van der Waals surface area contributed by atoms with E-state index in [1.54, 1.807) is 48.7 Å². The summed E-state index contributed by atoms with van der Waals surface area (Å²) in [6.07, 6.45) is 7.67. The maximum Gasteiger partial charge on any atom is 0.438 e. The Hall–Kier alpha value is -6.88. The van der Waals surface area contributed by atoms with Crippen molar-refractivity contribution < 1.29 is 22.8 Å². The molecule has 0 bridgehead atoms. The number of imidazole rings is 1. The number of hydrogen-bond donors (Lipinski definition) is 3. The van der Waals surface area contributed by atoms with Crippen LogP contribution in [0.25, 0.3) is 27.5 Å². The van der Waals surface area contributed by atoms with Crippen molar-refractivity contribution in [1.82, 2.24) is 38.9 Å². The number of nitrogens with one attached hydrogen (secondary N) is 2. The molecule has 1 aliphatic carbocycles. The molecule has 7 aromatic rings. The largest absolute Gasteiger partial charge is 0.438 e. The van der Waals surface area contributed by atoms with Gasteiger partial charge in [0.2, 0.25) is 0 Å². The van der Waals surface area contributed by atoms with E-state index in [0.717, 1.165) is 30.2 Å². The fourth-order valence-corrected chi connectivity index (χ4v) is 8.94. The highest BCUT2D eigenvalue weighted by Gasteiger charge is 2.37. The molecule has 64 heavy (non-hydrogen) atoms. The fraction of sp³-hybridized carbons (Fsp3) is 0.362. The van der Waals surface area contributed by atoms with Crippen LogP contribution in [-0.2, 0) is 11.8 Å². The molecular weight excluding hydrogens is 823 g/mol. The number of aromatic nitrogens is 7. The van der Waals surface area contributed by atoms with E-state index in [0.29, 0.717) is 82.4 Å². The van der Waals surface area contributed by atoms with E-state index in [1.165, 1.54) is 39.4 Å². The van der Waals surface area contributed by atoms with E-state index in [4.69, 9.17) is 15.5 Å². The highest BCUT2D eigenvalue weighted by Crippen LogP contribution is 2.45. The lowest BCUT2D eigenvalue weighted by atomic mass is 9.83. The van der Waals surface area contributed by atoms with Gasteiger partial charge in [0.1, 0.15) is 17.3 Å². The van der Waals surface area contributed by atoms with Gasteiger partial charge < -0.3 is 20.4 Å². The Bertz CT molecular complexity index is 3120. The molecule has 332 valence electrons. The Morgan fingerprint density at radius 2 is 1.78 bits per heavy atom. The molecule has 3 aliphatic rings. The number of nitrogens with two attached hydrogens (primary N) is 1. The Labute approximate surface area is 366 Å². The maximum absolute atomic E-state index is 15.8. The number of carbonyl (C=O) groups is 1. The molecule has 3 aromatic carbocycles. The van der Waals surface area contributed by atoms with E-state index in [1.807, 2.05) is 12.1 Å². The van der Waals surface area contributed by atoms with Crippen LogP contribution < -0.4 is 17.2 Å². The molecule has 3 unspecified atom stereocenters. The summed E-state index contributed by atoms with van der Waals surface area (Å²) in [5.41, 5.74) is 11.1. The summed E-state index contributed by atoms with van der Waals surface area (Å²) in [5, 5.41) is 8.95. The average Bonchev–Trinajstić information content (AvgIpc) is 3.69. The van der Waals surface area contributed by atoms with Crippen molar-refractivity contribution in [3.05, 3.63) is 139 Å². The van der Waals surface area contributed by atoms with Gasteiger partial charge in [-0.05, 0) is 118 Å². The molecule has 3 atom stereocenters. The number of hydrogen-bond acceptors (Lipinski definition) is 9. The van der Waals surface area contributed by atoms with Crippen LogP contribution in [0.15, 0.2) is 97.5 Å². The van der Waals surface area contributed by atoms with Crippen molar-refractivity contribution in [3.63, 3.8) is 0 Å².